The van der Waals surface area contributed by atoms with Crippen molar-refractivity contribution in [1.82, 2.24) is 20.6 Å². The van der Waals surface area contributed by atoms with E-state index in [-0.39, 0.29) is 12.8 Å². The number of amides is 2. The summed E-state index contributed by atoms with van der Waals surface area (Å²) < 4.78 is 13.1. The molecular formula is C22H21FN4O4. The lowest BCUT2D eigenvalue weighted by molar-refractivity contribution is -0.142. The molecule has 0 bridgehead atoms. The molecule has 0 aliphatic rings. The number of para-hydroxylation sites is 2. The molecule has 0 unspecified atom stereocenters. The third-order valence-corrected chi connectivity index (χ3v) is 4.57. The Hall–Kier alpha value is -3.88. The second kappa shape index (κ2) is 9.75. The fourth-order valence-electron chi connectivity index (χ4n) is 3.09. The van der Waals surface area contributed by atoms with E-state index < -0.39 is 35.7 Å². The van der Waals surface area contributed by atoms with Crippen LogP contribution in [0.25, 0.3) is 11.0 Å². The molecule has 3 aromatic rings. The molecule has 3 rings (SSSR count). The minimum absolute atomic E-state index is 0.0772. The number of hydrogen-bond donors (Lipinski definition) is 3. The number of nitrogens with zero attached hydrogens (tertiary/aromatic N) is 2. The first-order chi connectivity index (χ1) is 14.8. The molecular weight excluding hydrogens is 403 g/mol. The first kappa shape index (κ1) is 21.8. The van der Waals surface area contributed by atoms with Gasteiger partial charge in [0.25, 0.3) is 0 Å². The summed E-state index contributed by atoms with van der Waals surface area (Å²) in [6.07, 6.45) is 1.46. The number of carbonyl (C=O) groups is 3. The van der Waals surface area contributed by atoms with Gasteiger partial charge in [-0.25, -0.2) is 14.2 Å². The maximum atomic E-state index is 13.1. The predicted molar refractivity (Wildman–Crippen MR) is 111 cm³/mol. The number of aliphatic carboxylic acids is 1. The van der Waals surface area contributed by atoms with Crippen molar-refractivity contribution in [2.75, 3.05) is 0 Å². The zero-order chi connectivity index (χ0) is 22.4. The molecule has 31 heavy (non-hydrogen) atoms. The van der Waals surface area contributed by atoms with E-state index in [0.717, 1.165) is 0 Å². The minimum atomic E-state index is -1.27. The maximum Gasteiger partial charge on any atom is 0.326 e. The number of benzene rings is 2. The van der Waals surface area contributed by atoms with Gasteiger partial charge in [-0.05, 0) is 29.8 Å². The highest BCUT2D eigenvalue weighted by molar-refractivity contribution is 5.90. The molecule has 3 N–H and O–H groups in total. The third-order valence-electron chi connectivity index (χ3n) is 4.57. The van der Waals surface area contributed by atoms with Crippen LogP contribution >= 0.6 is 0 Å². The van der Waals surface area contributed by atoms with Crippen LogP contribution in [0, 0.1) is 5.82 Å². The predicted octanol–water partition coefficient (Wildman–Crippen LogP) is 1.63. The van der Waals surface area contributed by atoms with Gasteiger partial charge in [-0.1, -0.05) is 24.3 Å². The number of carbonyl (C=O) groups excluding carboxylic acids is 2. The molecule has 0 fully saturated rings. The van der Waals surface area contributed by atoms with Gasteiger partial charge < -0.3 is 15.7 Å². The topological polar surface area (TPSA) is 121 Å². The summed E-state index contributed by atoms with van der Waals surface area (Å²) in [5.74, 6) is -2.78. The van der Waals surface area contributed by atoms with E-state index in [9.17, 15) is 23.9 Å². The van der Waals surface area contributed by atoms with Crippen LogP contribution in [0.4, 0.5) is 4.39 Å². The Morgan fingerprint density at radius 1 is 0.968 bits per heavy atom. The normalized spacial score (nSPS) is 12.7. The minimum Gasteiger partial charge on any atom is -0.480 e. The van der Waals surface area contributed by atoms with Crippen LogP contribution < -0.4 is 10.6 Å². The Balaban J connectivity index is 1.74. The number of halogens is 1. The van der Waals surface area contributed by atoms with Crippen molar-refractivity contribution in [3.63, 3.8) is 0 Å². The van der Waals surface area contributed by atoms with E-state index in [1.165, 1.54) is 37.4 Å². The smallest absolute Gasteiger partial charge is 0.326 e. The Bertz CT molecular complexity index is 1100. The maximum absolute atomic E-state index is 13.1. The molecule has 0 saturated heterocycles. The fourth-order valence-corrected chi connectivity index (χ4v) is 3.09. The van der Waals surface area contributed by atoms with Gasteiger partial charge in [-0.2, -0.15) is 0 Å². The lowest BCUT2D eigenvalue weighted by atomic mass is 10.0. The van der Waals surface area contributed by atoms with Gasteiger partial charge in [-0.15, -0.1) is 0 Å². The summed E-state index contributed by atoms with van der Waals surface area (Å²) >= 11 is 0. The zero-order valence-electron chi connectivity index (χ0n) is 16.7. The molecule has 2 atom stereocenters. The highest BCUT2D eigenvalue weighted by Gasteiger charge is 2.27. The van der Waals surface area contributed by atoms with E-state index in [1.807, 2.05) is 6.07 Å². The van der Waals surface area contributed by atoms with Crippen LogP contribution in [-0.4, -0.2) is 44.9 Å². The summed E-state index contributed by atoms with van der Waals surface area (Å²) in [4.78, 5) is 44.7. The summed E-state index contributed by atoms with van der Waals surface area (Å²) in [5, 5.41) is 14.6. The SMILES string of the molecule is CC(=O)N[C@@H](Cc1ccc(F)cc1)C(=O)N[C@@H](Cc1cnc2ccccc2n1)C(=O)O. The highest BCUT2D eigenvalue weighted by atomic mass is 19.1. The summed E-state index contributed by atoms with van der Waals surface area (Å²) in [5.41, 5.74) is 2.30. The van der Waals surface area contributed by atoms with E-state index >= 15 is 0 Å². The van der Waals surface area contributed by atoms with Crippen molar-refractivity contribution < 1.29 is 23.9 Å². The Morgan fingerprint density at radius 2 is 1.65 bits per heavy atom. The van der Waals surface area contributed by atoms with Crippen LogP contribution in [0.5, 0.6) is 0 Å². The summed E-state index contributed by atoms with van der Waals surface area (Å²) in [7, 11) is 0. The van der Waals surface area contributed by atoms with E-state index in [1.54, 1.807) is 18.2 Å². The van der Waals surface area contributed by atoms with Gasteiger partial charge in [0.15, 0.2) is 0 Å². The molecule has 2 amide bonds. The number of carboxylic acids is 1. The second-order valence-electron chi connectivity index (χ2n) is 7.04. The average molecular weight is 424 g/mol. The van der Waals surface area contributed by atoms with Crippen molar-refractivity contribution >= 4 is 28.8 Å². The first-order valence-corrected chi connectivity index (χ1v) is 9.57. The van der Waals surface area contributed by atoms with Gasteiger partial charge in [0, 0.05) is 26.0 Å². The zero-order valence-corrected chi connectivity index (χ0v) is 16.7. The Labute approximate surface area is 177 Å². The summed E-state index contributed by atoms with van der Waals surface area (Å²) in [6, 6.07) is 10.4. The molecule has 0 spiro atoms. The number of rotatable bonds is 8. The van der Waals surface area contributed by atoms with Crippen molar-refractivity contribution in [3.05, 3.63) is 71.8 Å². The first-order valence-electron chi connectivity index (χ1n) is 9.57. The Kier molecular flexibility index (Phi) is 6.86. The van der Waals surface area contributed by atoms with Crippen LogP contribution in [0.2, 0.25) is 0 Å². The lowest BCUT2D eigenvalue weighted by Crippen LogP contribution is -2.52. The van der Waals surface area contributed by atoms with Crippen molar-refractivity contribution in [1.29, 1.82) is 0 Å². The van der Waals surface area contributed by atoms with Crippen molar-refractivity contribution in [2.45, 2.75) is 31.8 Å². The standard InChI is InChI=1S/C22H21FN4O4/c1-13(28)25-19(10-14-6-8-15(23)9-7-14)21(29)27-20(22(30)31)11-16-12-24-17-4-2-3-5-18(17)26-16/h2-9,12,19-20H,10-11H2,1H3,(H,25,28)(H,27,29)(H,30,31)/t19-,20-/m0/s1. The molecule has 8 nitrogen and oxygen atoms in total. The Morgan fingerprint density at radius 3 is 2.29 bits per heavy atom. The third kappa shape index (κ3) is 6.05. The quantitative estimate of drug-likeness (QED) is 0.505. The molecule has 1 aromatic heterocycles. The number of fused-ring (bicyclic) bond motifs is 1. The number of hydrogen-bond acceptors (Lipinski definition) is 5. The fraction of sp³-hybridized carbons (Fsp3) is 0.227. The molecule has 1 heterocycles. The molecule has 0 radical (unpaired) electrons. The molecule has 9 heteroatoms. The molecule has 0 saturated carbocycles. The van der Waals surface area contributed by atoms with Gasteiger partial charge in [0.1, 0.15) is 17.9 Å². The molecule has 0 aliphatic heterocycles. The van der Waals surface area contributed by atoms with Gasteiger partial charge in [0.05, 0.1) is 16.7 Å². The van der Waals surface area contributed by atoms with Crippen LogP contribution in [-0.2, 0) is 27.2 Å². The number of carboxylic acid groups (broad SMARTS) is 1. The van der Waals surface area contributed by atoms with Gasteiger partial charge >= 0.3 is 5.97 Å². The van der Waals surface area contributed by atoms with E-state index in [2.05, 4.69) is 20.6 Å². The summed E-state index contributed by atoms with van der Waals surface area (Å²) in [6.45, 7) is 1.25. The lowest BCUT2D eigenvalue weighted by Gasteiger charge is -2.21. The van der Waals surface area contributed by atoms with E-state index in [4.69, 9.17) is 0 Å². The largest absolute Gasteiger partial charge is 0.480 e. The number of aromatic nitrogens is 2. The monoisotopic (exact) mass is 424 g/mol. The molecule has 160 valence electrons. The average Bonchev–Trinajstić information content (AvgIpc) is 2.73. The van der Waals surface area contributed by atoms with Crippen molar-refractivity contribution in [3.8, 4) is 0 Å². The highest BCUT2D eigenvalue weighted by Crippen LogP contribution is 2.11. The second-order valence-corrected chi connectivity index (χ2v) is 7.04. The van der Waals surface area contributed by atoms with E-state index in [0.29, 0.717) is 22.3 Å². The van der Waals surface area contributed by atoms with Crippen LogP contribution in [0.3, 0.4) is 0 Å². The van der Waals surface area contributed by atoms with Gasteiger partial charge in [0.2, 0.25) is 11.8 Å². The number of nitrogens with one attached hydrogen (secondary N) is 2. The van der Waals surface area contributed by atoms with Crippen molar-refractivity contribution in [2.24, 2.45) is 0 Å². The van der Waals surface area contributed by atoms with Crippen LogP contribution in [0.1, 0.15) is 18.2 Å². The van der Waals surface area contributed by atoms with Gasteiger partial charge in [-0.3, -0.25) is 14.6 Å². The molecule has 2 aromatic carbocycles. The molecule has 0 aliphatic carbocycles. The van der Waals surface area contributed by atoms with Crippen LogP contribution in [0.15, 0.2) is 54.7 Å².